The number of benzene rings is 2. The van der Waals surface area contributed by atoms with Crippen molar-refractivity contribution in [2.45, 2.75) is 51.9 Å². The van der Waals surface area contributed by atoms with Crippen LogP contribution in [0.4, 0.5) is 26.3 Å². The summed E-state index contributed by atoms with van der Waals surface area (Å²) in [5, 5.41) is 0.212. The Hall–Kier alpha value is -1.68. The van der Waals surface area contributed by atoms with Gasteiger partial charge in [0.1, 0.15) is 11.5 Å². The minimum Gasteiger partial charge on any atom is -1.00 e. The van der Waals surface area contributed by atoms with Gasteiger partial charge in [0.25, 0.3) is 0 Å². The molecule has 0 bridgehead atoms. The van der Waals surface area contributed by atoms with E-state index in [1.54, 1.807) is 0 Å². The zero-order chi connectivity index (χ0) is 24.6. The zero-order valence-electron chi connectivity index (χ0n) is 20.2. The topological polar surface area (TPSA) is 35.5 Å². The summed E-state index contributed by atoms with van der Waals surface area (Å²) in [6.45, 7) is 4.66. The Kier molecular flexibility index (Phi) is 12.0. The zero-order valence-corrected chi connectivity index (χ0v) is 20.2. The standard InChI is InChI=1S/C23H25F6O3P.Li.H/c1-3-5-12-31-15-10-11-19(18(14-15)32-13-6-4-2)33-21(30)20-16(22(24,25)26)8-7-9-17(20)23(27,28)29;;/h7-11,14,33H,3-6,12-13H2,1-2H3;;/q;+1;-1. The summed E-state index contributed by atoms with van der Waals surface area (Å²) in [7, 11) is -1.00. The van der Waals surface area contributed by atoms with Gasteiger partial charge in [0.2, 0.25) is 0 Å². The molecule has 11 heteroatoms. The Bertz CT molecular complexity index is 922. The summed E-state index contributed by atoms with van der Waals surface area (Å²) in [5.74, 6) is 0.657. The molecule has 3 nitrogen and oxygen atoms in total. The molecule has 0 N–H and O–H groups in total. The van der Waals surface area contributed by atoms with Crippen molar-refractivity contribution in [3.8, 4) is 11.5 Å². The molecule has 0 aromatic heterocycles. The minimum absolute atomic E-state index is 0. The molecule has 0 heterocycles. The fourth-order valence-electron chi connectivity index (χ4n) is 2.93. The molecular formula is C23H26F6LiO3P. The summed E-state index contributed by atoms with van der Waals surface area (Å²) >= 11 is 0. The first-order valence-corrected chi connectivity index (χ1v) is 11.5. The van der Waals surface area contributed by atoms with Crippen molar-refractivity contribution in [2.24, 2.45) is 0 Å². The Balaban J connectivity index is 0.00000578. The second kappa shape index (κ2) is 13.4. The molecule has 0 saturated heterocycles. The van der Waals surface area contributed by atoms with E-state index in [0.717, 1.165) is 19.3 Å². The number of ether oxygens (including phenoxy) is 2. The normalized spacial score (nSPS) is 12.0. The molecule has 0 aliphatic carbocycles. The molecule has 0 amide bonds. The monoisotopic (exact) mass is 502 g/mol. The SMILES string of the molecule is CCCCOc1ccc(PC(=O)c2c(C(F)(F)F)cccc2C(F)(F)F)c(OCCCC)c1.[H-].[Li+]. The van der Waals surface area contributed by atoms with Crippen molar-refractivity contribution in [3.05, 3.63) is 53.1 Å². The van der Waals surface area contributed by atoms with Gasteiger partial charge in [-0.25, -0.2) is 0 Å². The number of alkyl halides is 6. The molecule has 0 aliphatic heterocycles. The number of carbonyl (C=O) groups is 1. The second-order valence-corrected chi connectivity index (χ2v) is 8.48. The van der Waals surface area contributed by atoms with Crippen LogP contribution in [-0.2, 0) is 12.4 Å². The molecule has 1 unspecified atom stereocenters. The summed E-state index contributed by atoms with van der Waals surface area (Å²) in [5.41, 5.74) is -5.86. The summed E-state index contributed by atoms with van der Waals surface area (Å²) in [6, 6.07) is 6.10. The van der Waals surface area contributed by atoms with Crippen LogP contribution in [-0.4, -0.2) is 18.7 Å². The van der Waals surface area contributed by atoms with Crippen molar-refractivity contribution < 1.29 is 60.9 Å². The molecule has 0 radical (unpaired) electrons. The van der Waals surface area contributed by atoms with Crippen LogP contribution in [0.5, 0.6) is 11.5 Å². The molecule has 2 aromatic carbocycles. The number of hydrogen-bond donors (Lipinski definition) is 0. The maximum atomic E-state index is 13.4. The largest absolute Gasteiger partial charge is 1.00 e. The Morgan fingerprint density at radius 3 is 1.91 bits per heavy atom. The Morgan fingerprint density at radius 1 is 0.882 bits per heavy atom. The van der Waals surface area contributed by atoms with Crippen molar-refractivity contribution in [3.63, 3.8) is 0 Å². The molecule has 2 rings (SSSR count). The average molecular weight is 502 g/mol. The van der Waals surface area contributed by atoms with Gasteiger partial charge in [0.05, 0.1) is 24.3 Å². The van der Waals surface area contributed by atoms with E-state index in [1.165, 1.54) is 18.2 Å². The van der Waals surface area contributed by atoms with Gasteiger partial charge < -0.3 is 10.9 Å². The molecular weight excluding hydrogens is 476 g/mol. The quantitative estimate of drug-likeness (QED) is 0.199. The van der Waals surface area contributed by atoms with Gasteiger partial charge >= 0.3 is 31.2 Å². The van der Waals surface area contributed by atoms with Gasteiger partial charge in [-0.3, -0.25) is 4.79 Å². The third-order valence-electron chi connectivity index (χ3n) is 4.63. The van der Waals surface area contributed by atoms with Gasteiger partial charge in [0.15, 0.2) is 5.52 Å². The number of hydrogen-bond acceptors (Lipinski definition) is 3. The smallest absolute Gasteiger partial charge is 1.00 e. The fourth-order valence-corrected chi connectivity index (χ4v) is 4.00. The molecule has 184 valence electrons. The fraction of sp³-hybridized carbons (Fsp3) is 0.435. The second-order valence-electron chi connectivity index (χ2n) is 7.24. The molecule has 1 atom stereocenters. The Morgan fingerprint density at radius 2 is 1.41 bits per heavy atom. The molecule has 0 spiro atoms. The Labute approximate surface area is 210 Å². The van der Waals surface area contributed by atoms with Crippen LogP contribution >= 0.6 is 8.58 Å². The van der Waals surface area contributed by atoms with Crippen LogP contribution in [0.25, 0.3) is 0 Å². The number of halogens is 6. The van der Waals surface area contributed by atoms with E-state index < -0.39 is 43.1 Å². The van der Waals surface area contributed by atoms with E-state index in [-0.39, 0.29) is 37.9 Å². The van der Waals surface area contributed by atoms with Crippen molar-refractivity contribution in [2.75, 3.05) is 13.2 Å². The summed E-state index contributed by atoms with van der Waals surface area (Å²) < 4.78 is 92.0. The minimum atomic E-state index is -5.12. The molecule has 0 fully saturated rings. The third-order valence-corrected chi connectivity index (χ3v) is 5.79. The number of unbranched alkanes of at least 4 members (excludes halogenated alkanes) is 2. The third kappa shape index (κ3) is 8.52. The van der Waals surface area contributed by atoms with Crippen LogP contribution in [0.3, 0.4) is 0 Å². The first-order chi connectivity index (χ1) is 15.5. The molecule has 34 heavy (non-hydrogen) atoms. The molecule has 2 aromatic rings. The van der Waals surface area contributed by atoms with E-state index in [4.69, 9.17) is 9.47 Å². The van der Waals surface area contributed by atoms with E-state index in [9.17, 15) is 31.1 Å². The number of rotatable bonds is 11. The van der Waals surface area contributed by atoms with Crippen molar-refractivity contribution in [1.82, 2.24) is 0 Å². The summed E-state index contributed by atoms with van der Waals surface area (Å²) in [6.07, 6.45) is -7.01. The van der Waals surface area contributed by atoms with Gasteiger partial charge in [-0.15, -0.1) is 0 Å². The summed E-state index contributed by atoms with van der Waals surface area (Å²) in [4.78, 5) is 12.9. The van der Waals surface area contributed by atoms with Crippen LogP contribution < -0.4 is 33.6 Å². The van der Waals surface area contributed by atoms with E-state index in [2.05, 4.69) is 0 Å². The van der Waals surface area contributed by atoms with Crippen LogP contribution in [0.1, 0.15) is 62.4 Å². The number of carbonyl (C=O) groups excluding carboxylic acids is 1. The van der Waals surface area contributed by atoms with Crippen LogP contribution in [0.2, 0.25) is 0 Å². The first kappa shape index (κ1) is 30.3. The van der Waals surface area contributed by atoms with Crippen molar-refractivity contribution in [1.29, 1.82) is 0 Å². The van der Waals surface area contributed by atoms with Gasteiger partial charge in [-0.1, -0.05) is 32.8 Å². The van der Waals surface area contributed by atoms with E-state index in [0.29, 0.717) is 37.0 Å². The maximum Gasteiger partial charge on any atom is 1.00 e. The predicted molar refractivity (Wildman–Crippen MR) is 117 cm³/mol. The first-order valence-electron chi connectivity index (χ1n) is 10.5. The van der Waals surface area contributed by atoms with Gasteiger partial charge in [-0.2, -0.15) is 26.3 Å². The van der Waals surface area contributed by atoms with Crippen molar-refractivity contribution >= 4 is 19.4 Å². The van der Waals surface area contributed by atoms with Gasteiger partial charge in [0, 0.05) is 16.9 Å². The predicted octanol–water partition coefficient (Wildman–Crippen LogP) is 4.34. The molecule has 0 saturated carbocycles. The van der Waals surface area contributed by atoms with Crippen LogP contribution in [0, 0.1) is 0 Å². The van der Waals surface area contributed by atoms with E-state index >= 15 is 0 Å². The average Bonchev–Trinajstić information content (AvgIpc) is 2.74. The van der Waals surface area contributed by atoms with Crippen LogP contribution in [0.15, 0.2) is 36.4 Å². The maximum absolute atomic E-state index is 13.4. The molecule has 0 aliphatic rings. The van der Waals surface area contributed by atoms with Gasteiger partial charge in [-0.05, 0) is 45.7 Å². The van der Waals surface area contributed by atoms with E-state index in [1.807, 2.05) is 13.8 Å².